The van der Waals surface area contributed by atoms with E-state index in [1.807, 2.05) is 0 Å². The summed E-state index contributed by atoms with van der Waals surface area (Å²) in [5.74, 6) is -1.36. The molecule has 1 aliphatic heterocycles. The summed E-state index contributed by atoms with van der Waals surface area (Å²) in [6.07, 6.45) is -4.44. The van der Waals surface area contributed by atoms with E-state index >= 15 is 0 Å². The van der Waals surface area contributed by atoms with Gasteiger partial charge in [-0.05, 0) is 12.1 Å². The van der Waals surface area contributed by atoms with E-state index in [0.717, 1.165) is 17.4 Å². The molecule has 0 radical (unpaired) electrons. The lowest BCUT2D eigenvalue weighted by molar-refractivity contribution is -0.142. The summed E-state index contributed by atoms with van der Waals surface area (Å²) in [5, 5.41) is 9.24. The molecule has 4 nitrogen and oxygen atoms in total. The molecule has 1 aromatic carbocycles. The minimum atomic E-state index is -4.44. The number of aliphatic carboxylic acids is 1. The van der Waals surface area contributed by atoms with Gasteiger partial charge in [0, 0.05) is 13.1 Å². The molecule has 0 bridgehead atoms. The molecular formula is C12H9F3N2O2S. The van der Waals surface area contributed by atoms with Crippen LogP contribution in [0.5, 0.6) is 0 Å². The molecule has 0 aliphatic carbocycles. The van der Waals surface area contributed by atoms with E-state index in [1.165, 1.54) is 6.07 Å². The van der Waals surface area contributed by atoms with Crippen molar-refractivity contribution in [2.24, 2.45) is 5.92 Å². The van der Waals surface area contributed by atoms with Crippen LogP contribution in [0, 0.1) is 5.92 Å². The third kappa shape index (κ3) is 2.09. The first-order valence-electron chi connectivity index (χ1n) is 5.81. The van der Waals surface area contributed by atoms with Crippen LogP contribution in [0.1, 0.15) is 5.56 Å². The molecule has 2 heterocycles. The highest BCUT2D eigenvalue weighted by molar-refractivity contribution is 7.22. The lowest BCUT2D eigenvalue weighted by Crippen LogP contribution is -2.50. The van der Waals surface area contributed by atoms with Crippen molar-refractivity contribution < 1.29 is 23.1 Å². The molecule has 1 N–H and O–H groups in total. The first-order valence-corrected chi connectivity index (χ1v) is 6.62. The van der Waals surface area contributed by atoms with Crippen LogP contribution in [0.4, 0.5) is 18.3 Å². The third-order valence-electron chi connectivity index (χ3n) is 3.21. The maximum absolute atomic E-state index is 12.9. The molecule has 106 valence electrons. The molecule has 0 spiro atoms. The SMILES string of the molecule is O=C(O)C1CN(c2nc3c(C(F)(F)F)cccc3s2)C1. The van der Waals surface area contributed by atoms with Gasteiger partial charge in [-0.1, -0.05) is 17.4 Å². The van der Waals surface area contributed by atoms with Crippen LogP contribution in [0.3, 0.4) is 0 Å². The molecule has 8 heteroatoms. The van der Waals surface area contributed by atoms with Gasteiger partial charge in [0.25, 0.3) is 0 Å². The van der Waals surface area contributed by atoms with Crippen LogP contribution in [0.25, 0.3) is 10.2 Å². The fraction of sp³-hybridized carbons (Fsp3) is 0.333. The topological polar surface area (TPSA) is 53.4 Å². The Bertz CT molecular complexity index is 677. The molecule has 0 saturated carbocycles. The molecule has 3 rings (SSSR count). The molecular weight excluding hydrogens is 293 g/mol. The number of carboxylic acids is 1. The molecule has 0 amide bonds. The second-order valence-corrected chi connectivity index (χ2v) is 5.60. The number of fused-ring (bicyclic) bond motifs is 1. The molecule has 1 saturated heterocycles. The highest BCUT2D eigenvalue weighted by Gasteiger charge is 2.36. The van der Waals surface area contributed by atoms with Crippen molar-refractivity contribution in [2.75, 3.05) is 18.0 Å². The summed E-state index contributed by atoms with van der Waals surface area (Å²) in [6.45, 7) is 0.576. The summed E-state index contributed by atoms with van der Waals surface area (Å²) in [5.41, 5.74) is -0.827. The van der Waals surface area contributed by atoms with Crippen molar-refractivity contribution in [3.05, 3.63) is 23.8 Å². The van der Waals surface area contributed by atoms with Gasteiger partial charge in [-0.15, -0.1) is 0 Å². The molecule has 1 aromatic heterocycles. The van der Waals surface area contributed by atoms with Crippen molar-refractivity contribution in [3.63, 3.8) is 0 Å². The number of rotatable bonds is 2. The van der Waals surface area contributed by atoms with Crippen LogP contribution < -0.4 is 4.90 Å². The Balaban J connectivity index is 1.94. The zero-order valence-corrected chi connectivity index (χ0v) is 10.8. The molecule has 1 fully saturated rings. The second-order valence-electron chi connectivity index (χ2n) is 4.59. The predicted molar refractivity (Wildman–Crippen MR) is 68.0 cm³/mol. The summed E-state index contributed by atoms with van der Waals surface area (Å²) in [4.78, 5) is 16.4. The second kappa shape index (κ2) is 4.34. The lowest BCUT2D eigenvalue weighted by Gasteiger charge is -2.36. The molecule has 2 aromatic rings. The summed E-state index contributed by atoms with van der Waals surface area (Å²) in [7, 11) is 0. The van der Waals surface area contributed by atoms with Gasteiger partial charge in [-0.3, -0.25) is 4.79 Å². The number of thiazole rings is 1. The van der Waals surface area contributed by atoms with Crippen molar-refractivity contribution in [2.45, 2.75) is 6.18 Å². The quantitative estimate of drug-likeness (QED) is 0.927. The number of carbonyl (C=O) groups is 1. The maximum Gasteiger partial charge on any atom is 0.418 e. The summed E-state index contributed by atoms with van der Waals surface area (Å²) >= 11 is 1.15. The number of benzene rings is 1. The van der Waals surface area contributed by atoms with Gasteiger partial charge in [0.15, 0.2) is 5.13 Å². The number of alkyl halides is 3. The van der Waals surface area contributed by atoms with Gasteiger partial charge in [0.05, 0.1) is 21.7 Å². The Morgan fingerprint density at radius 3 is 2.70 bits per heavy atom. The van der Waals surface area contributed by atoms with E-state index in [1.54, 1.807) is 11.0 Å². The highest BCUT2D eigenvalue weighted by Crippen LogP contribution is 2.39. The molecule has 0 unspecified atom stereocenters. The van der Waals surface area contributed by atoms with Gasteiger partial charge < -0.3 is 10.0 Å². The van der Waals surface area contributed by atoms with Gasteiger partial charge in [0.1, 0.15) is 0 Å². The molecule has 20 heavy (non-hydrogen) atoms. The first kappa shape index (κ1) is 13.2. The number of nitrogens with zero attached hydrogens (tertiary/aromatic N) is 2. The van der Waals surface area contributed by atoms with E-state index in [4.69, 9.17) is 5.11 Å². The Morgan fingerprint density at radius 1 is 1.40 bits per heavy atom. The van der Waals surface area contributed by atoms with Crippen molar-refractivity contribution in [1.82, 2.24) is 4.98 Å². The van der Waals surface area contributed by atoms with Gasteiger partial charge in [0.2, 0.25) is 0 Å². The van der Waals surface area contributed by atoms with Crippen molar-refractivity contribution >= 4 is 32.7 Å². The predicted octanol–water partition coefficient (Wildman–Crippen LogP) is 2.84. The smallest absolute Gasteiger partial charge is 0.418 e. The number of hydrogen-bond acceptors (Lipinski definition) is 4. The lowest BCUT2D eigenvalue weighted by atomic mass is 10.0. The summed E-state index contributed by atoms with van der Waals surface area (Å²) < 4.78 is 39.0. The van der Waals surface area contributed by atoms with E-state index in [-0.39, 0.29) is 18.6 Å². The third-order valence-corrected chi connectivity index (χ3v) is 4.30. The number of para-hydroxylation sites is 1. The van der Waals surface area contributed by atoms with Gasteiger partial charge >= 0.3 is 12.1 Å². The van der Waals surface area contributed by atoms with E-state index < -0.39 is 23.6 Å². The van der Waals surface area contributed by atoms with E-state index in [2.05, 4.69) is 4.98 Å². The van der Waals surface area contributed by atoms with E-state index in [9.17, 15) is 18.0 Å². The van der Waals surface area contributed by atoms with Gasteiger partial charge in [-0.2, -0.15) is 13.2 Å². The van der Waals surface area contributed by atoms with Crippen LogP contribution in [0.2, 0.25) is 0 Å². The van der Waals surface area contributed by atoms with E-state index in [0.29, 0.717) is 9.83 Å². The molecule has 0 atom stereocenters. The average molecular weight is 302 g/mol. The standard InChI is InChI=1S/C12H9F3N2O2S/c13-12(14,15)7-2-1-3-8-9(7)16-11(20-8)17-4-6(5-17)10(18)19/h1-3,6H,4-5H2,(H,18,19). The van der Waals surface area contributed by atoms with Crippen LogP contribution >= 0.6 is 11.3 Å². The fourth-order valence-electron chi connectivity index (χ4n) is 2.09. The summed E-state index contributed by atoms with van der Waals surface area (Å²) in [6, 6.07) is 3.94. The van der Waals surface area contributed by atoms with Crippen LogP contribution in [-0.2, 0) is 11.0 Å². The average Bonchev–Trinajstić information content (AvgIpc) is 2.67. The number of aromatic nitrogens is 1. The Morgan fingerprint density at radius 2 is 2.10 bits per heavy atom. The van der Waals surface area contributed by atoms with Crippen molar-refractivity contribution in [3.8, 4) is 0 Å². The Kier molecular flexibility index (Phi) is 2.86. The number of carboxylic acid groups (broad SMARTS) is 1. The number of hydrogen-bond donors (Lipinski definition) is 1. The zero-order chi connectivity index (χ0) is 14.5. The highest BCUT2D eigenvalue weighted by atomic mass is 32.1. The van der Waals surface area contributed by atoms with Crippen LogP contribution in [0.15, 0.2) is 18.2 Å². The minimum absolute atomic E-state index is 0.0706. The molecule has 1 aliphatic rings. The fourth-order valence-corrected chi connectivity index (χ4v) is 3.10. The van der Waals surface area contributed by atoms with Crippen molar-refractivity contribution in [1.29, 1.82) is 0 Å². The van der Waals surface area contributed by atoms with Crippen LogP contribution in [-0.4, -0.2) is 29.1 Å². The minimum Gasteiger partial charge on any atom is -0.481 e. The first-order chi connectivity index (χ1) is 9.36. The monoisotopic (exact) mass is 302 g/mol. The number of anilines is 1. The Hall–Kier alpha value is -1.83. The largest absolute Gasteiger partial charge is 0.481 e. The normalized spacial score (nSPS) is 16.4. The van der Waals surface area contributed by atoms with Gasteiger partial charge in [-0.25, -0.2) is 4.98 Å². The number of halogens is 3. The maximum atomic E-state index is 12.9. The zero-order valence-electron chi connectivity index (χ0n) is 10.0. The Labute approximate surface area is 115 Å².